The molecule has 15 heavy (non-hydrogen) atoms. The van der Waals surface area contributed by atoms with Crippen LogP contribution in [0.25, 0.3) is 0 Å². The van der Waals surface area contributed by atoms with Gasteiger partial charge in [0, 0.05) is 17.9 Å². The van der Waals surface area contributed by atoms with Crippen molar-refractivity contribution in [3.63, 3.8) is 0 Å². The van der Waals surface area contributed by atoms with Crippen LogP contribution in [-0.2, 0) is 30.2 Å². The van der Waals surface area contributed by atoms with E-state index in [4.69, 9.17) is 25.4 Å². The van der Waals surface area contributed by atoms with E-state index < -0.39 is 6.72 Å². The van der Waals surface area contributed by atoms with Gasteiger partial charge in [0.1, 0.15) is 5.76 Å². The van der Waals surface area contributed by atoms with Crippen molar-refractivity contribution in [2.75, 3.05) is 13.2 Å². The predicted molar refractivity (Wildman–Crippen MR) is 63.1 cm³/mol. The molecule has 0 saturated heterocycles. The van der Waals surface area contributed by atoms with Crippen LogP contribution < -0.4 is 0 Å². The van der Waals surface area contributed by atoms with Crippen molar-refractivity contribution in [1.29, 1.82) is 0 Å². The summed E-state index contributed by atoms with van der Waals surface area (Å²) in [4.78, 5) is 10.8. The second kappa shape index (κ2) is 7.12. The van der Waals surface area contributed by atoms with Gasteiger partial charge in [-0.15, -0.1) is 0 Å². The molecule has 0 fully saturated rings. The van der Waals surface area contributed by atoms with Crippen molar-refractivity contribution >= 4 is 24.3 Å². The van der Waals surface area contributed by atoms with Crippen LogP contribution in [0.2, 0.25) is 0 Å². The lowest BCUT2D eigenvalue weighted by atomic mass is 10.4. The number of hydrogen-bond donors (Lipinski definition) is 0. The molecule has 6 heteroatoms. The summed E-state index contributed by atoms with van der Waals surface area (Å²) < 4.78 is 15.9. The van der Waals surface area contributed by atoms with Crippen LogP contribution in [0.1, 0.15) is 27.7 Å². The third kappa shape index (κ3) is 6.79. The maximum absolute atomic E-state index is 10.8. The molecule has 0 heterocycles. The average molecular weight is 252 g/mol. The van der Waals surface area contributed by atoms with Crippen LogP contribution in [0.3, 0.4) is 0 Å². The van der Waals surface area contributed by atoms with Gasteiger partial charge < -0.3 is 4.52 Å². The standard InChI is InChI=1S/C9H17O4PS/c1-5-11-14(15,12-6-2)13-9(4)7-8(3)10/h7H,5-6H2,1-4H3/b9-7+. The summed E-state index contributed by atoms with van der Waals surface area (Å²) >= 11 is 5.12. The van der Waals surface area contributed by atoms with Crippen molar-refractivity contribution in [3.05, 3.63) is 11.8 Å². The molecule has 0 aromatic carbocycles. The highest BCUT2D eigenvalue weighted by atomic mass is 32.5. The van der Waals surface area contributed by atoms with Gasteiger partial charge in [0.2, 0.25) is 0 Å². The minimum Gasteiger partial charge on any atom is -0.429 e. The van der Waals surface area contributed by atoms with Crippen LogP contribution >= 0.6 is 6.72 Å². The Hall–Kier alpha value is -0.220. The lowest BCUT2D eigenvalue weighted by molar-refractivity contribution is -0.112. The van der Waals surface area contributed by atoms with Crippen molar-refractivity contribution in [2.45, 2.75) is 27.7 Å². The molecule has 0 aromatic rings. The molecule has 88 valence electrons. The van der Waals surface area contributed by atoms with Gasteiger partial charge in [-0.3, -0.25) is 13.8 Å². The van der Waals surface area contributed by atoms with Crippen molar-refractivity contribution in [2.24, 2.45) is 0 Å². The monoisotopic (exact) mass is 252 g/mol. The molecule has 0 aliphatic rings. The Balaban J connectivity index is 4.54. The van der Waals surface area contributed by atoms with E-state index in [-0.39, 0.29) is 5.78 Å². The molecular formula is C9H17O4PS. The molecule has 0 aliphatic heterocycles. The molecule has 0 saturated carbocycles. The highest BCUT2D eigenvalue weighted by molar-refractivity contribution is 8.07. The van der Waals surface area contributed by atoms with Crippen molar-refractivity contribution in [1.82, 2.24) is 0 Å². The smallest absolute Gasteiger partial charge is 0.380 e. The normalized spacial score (nSPS) is 12.7. The molecule has 0 amide bonds. The fourth-order valence-electron chi connectivity index (χ4n) is 0.895. The van der Waals surface area contributed by atoms with Gasteiger partial charge in [0.05, 0.1) is 13.2 Å². The number of allylic oxidation sites excluding steroid dienone is 2. The van der Waals surface area contributed by atoms with Crippen LogP contribution in [0.4, 0.5) is 0 Å². The molecule has 0 bridgehead atoms. The summed E-state index contributed by atoms with van der Waals surface area (Å²) in [5.41, 5.74) is 0. The first-order valence-corrected chi connectivity index (χ1v) is 7.26. The Labute approximate surface area is 95.9 Å². The van der Waals surface area contributed by atoms with Gasteiger partial charge in [-0.1, -0.05) is 0 Å². The highest BCUT2D eigenvalue weighted by Gasteiger charge is 2.20. The second-order valence-electron chi connectivity index (χ2n) is 2.74. The summed E-state index contributed by atoms with van der Waals surface area (Å²) in [6.07, 6.45) is 1.36. The first-order chi connectivity index (χ1) is 6.93. The number of rotatable bonds is 7. The summed E-state index contributed by atoms with van der Waals surface area (Å²) in [6.45, 7) is 4.84. The number of ketones is 1. The molecule has 0 rings (SSSR count). The lowest BCUT2D eigenvalue weighted by Gasteiger charge is -2.21. The first-order valence-electron chi connectivity index (χ1n) is 4.71. The van der Waals surface area contributed by atoms with Gasteiger partial charge in [-0.05, 0) is 27.7 Å². The third-order valence-electron chi connectivity index (χ3n) is 1.24. The quantitative estimate of drug-likeness (QED) is 0.396. The number of carbonyl (C=O) groups excluding carboxylic acids is 1. The highest BCUT2D eigenvalue weighted by Crippen LogP contribution is 2.51. The zero-order chi connectivity index (χ0) is 11.9. The van der Waals surface area contributed by atoms with E-state index in [0.29, 0.717) is 19.0 Å². The lowest BCUT2D eigenvalue weighted by Crippen LogP contribution is -1.99. The van der Waals surface area contributed by atoms with E-state index in [2.05, 4.69) is 0 Å². The second-order valence-corrected chi connectivity index (χ2v) is 5.67. The SMILES string of the molecule is CCOP(=S)(OCC)O/C(C)=C/C(C)=O. The summed E-state index contributed by atoms with van der Waals surface area (Å²) in [5.74, 6) is 0.329. The fourth-order valence-corrected chi connectivity index (χ4v) is 3.10. The Bertz CT molecular complexity index is 278. The molecular weight excluding hydrogens is 235 g/mol. The zero-order valence-corrected chi connectivity index (χ0v) is 11.2. The summed E-state index contributed by atoms with van der Waals surface area (Å²) in [5, 5.41) is 0. The molecule has 0 aliphatic carbocycles. The Morgan fingerprint density at radius 3 is 2.07 bits per heavy atom. The van der Waals surface area contributed by atoms with Gasteiger partial charge in [0.25, 0.3) is 0 Å². The minimum atomic E-state index is -2.72. The number of hydrogen-bond acceptors (Lipinski definition) is 5. The van der Waals surface area contributed by atoms with Gasteiger partial charge in [-0.2, -0.15) is 0 Å². The van der Waals surface area contributed by atoms with Crippen LogP contribution in [0.5, 0.6) is 0 Å². The van der Waals surface area contributed by atoms with E-state index >= 15 is 0 Å². The summed E-state index contributed by atoms with van der Waals surface area (Å²) in [6, 6.07) is 0. The molecule has 4 nitrogen and oxygen atoms in total. The summed E-state index contributed by atoms with van der Waals surface area (Å²) in [7, 11) is 0. The van der Waals surface area contributed by atoms with Crippen LogP contribution in [0.15, 0.2) is 11.8 Å². The Morgan fingerprint density at radius 2 is 1.73 bits per heavy atom. The maximum Gasteiger partial charge on any atom is 0.380 e. The van der Waals surface area contributed by atoms with Gasteiger partial charge in [0.15, 0.2) is 5.78 Å². The molecule has 0 spiro atoms. The predicted octanol–water partition coefficient (Wildman–Crippen LogP) is 2.79. The molecule has 0 aromatic heterocycles. The van der Waals surface area contributed by atoms with E-state index in [1.807, 2.05) is 13.8 Å². The van der Waals surface area contributed by atoms with Gasteiger partial charge >= 0.3 is 6.72 Å². The Kier molecular flexibility index (Phi) is 7.02. The van der Waals surface area contributed by atoms with Crippen molar-refractivity contribution in [3.8, 4) is 0 Å². The van der Waals surface area contributed by atoms with Crippen LogP contribution in [-0.4, -0.2) is 19.0 Å². The molecule has 0 radical (unpaired) electrons. The average Bonchev–Trinajstić information content (AvgIpc) is 2.01. The van der Waals surface area contributed by atoms with Gasteiger partial charge in [-0.25, -0.2) is 0 Å². The maximum atomic E-state index is 10.8. The largest absolute Gasteiger partial charge is 0.429 e. The van der Waals surface area contributed by atoms with E-state index in [1.54, 1.807) is 6.92 Å². The topological polar surface area (TPSA) is 44.8 Å². The Morgan fingerprint density at radius 1 is 1.27 bits per heavy atom. The minimum absolute atomic E-state index is 0.0953. The molecule has 0 unspecified atom stereocenters. The van der Waals surface area contributed by atoms with Crippen LogP contribution in [0, 0.1) is 0 Å². The molecule has 0 atom stereocenters. The fraction of sp³-hybridized carbons (Fsp3) is 0.667. The van der Waals surface area contributed by atoms with E-state index in [1.165, 1.54) is 13.0 Å². The van der Waals surface area contributed by atoms with Crippen molar-refractivity contribution < 1.29 is 18.4 Å². The van der Waals surface area contributed by atoms with E-state index in [0.717, 1.165) is 0 Å². The zero-order valence-electron chi connectivity index (χ0n) is 9.48. The van der Waals surface area contributed by atoms with E-state index in [9.17, 15) is 4.79 Å². The molecule has 0 N–H and O–H groups in total. The first kappa shape index (κ1) is 14.8. The number of carbonyl (C=O) groups is 1. The third-order valence-corrected chi connectivity index (χ3v) is 3.75.